The maximum absolute atomic E-state index is 14.0. The summed E-state index contributed by atoms with van der Waals surface area (Å²) >= 11 is 0. The number of rotatable bonds is 2. The Morgan fingerprint density at radius 2 is 1.95 bits per heavy atom. The smallest absolute Gasteiger partial charge is 0.234 e. The van der Waals surface area contributed by atoms with Crippen molar-refractivity contribution in [1.29, 1.82) is 0 Å². The first-order valence-electron chi connectivity index (χ1n) is 6.60. The third kappa shape index (κ3) is 1.95. The van der Waals surface area contributed by atoms with E-state index in [9.17, 15) is 14.0 Å². The van der Waals surface area contributed by atoms with Crippen molar-refractivity contribution in [3.63, 3.8) is 0 Å². The molecule has 2 unspecified atom stereocenters. The molecule has 1 aromatic carbocycles. The summed E-state index contributed by atoms with van der Waals surface area (Å²) in [5.74, 6) is -1.21. The van der Waals surface area contributed by atoms with Gasteiger partial charge in [0.05, 0.1) is 5.92 Å². The molecule has 3 nitrogen and oxygen atoms in total. The molecule has 0 radical (unpaired) electrons. The van der Waals surface area contributed by atoms with Gasteiger partial charge in [0, 0.05) is 12.0 Å². The number of benzene rings is 1. The van der Waals surface area contributed by atoms with Crippen LogP contribution in [-0.4, -0.2) is 11.8 Å². The van der Waals surface area contributed by atoms with Crippen molar-refractivity contribution < 1.29 is 14.0 Å². The fraction of sp³-hybridized carbons (Fsp3) is 0.467. The Labute approximate surface area is 111 Å². The zero-order valence-electron chi connectivity index (χ0n) is 10.8. The van der Waals surface area contributed by atoms with Crippen LogP contribution in [0, 0.1) is 17.2 Å². The molecular formula is C15H16FNO2. The topological polar surface area (TPSA) is 46.2 Å². The van der Waals surface area contributed by atoms with E-state index in [1.165, 1.54) is 6.07 Å². The van der Waals surface area contributed by atoms with Gasteiger partial charge in [-0.3, -0.25) is 14.9 Å². The minimum Gasteiger partial charge on any atom is -0.296 e. The van der Waals surface area contributed by atoms with Gasteiger partial charge in [0.15, 0.2) is 0 Å². The largest absolute Gasteiger partial charge is 0.296 e. The highest BCUT2D eigenvalue weighted by Gasteiger charge is 2.54. The number of halogens is 1. The van der Waals surface area contributed by atoms with Gasteiger partial charge >= 0.3 is 0 Å². The number of hydrogen-bond donors (Lipinski definition) is 1. The van der Waals surface area contributed by atoms with Crippen LogP contribution in [0.5, 0.6) is 0 Å². The molecule has 2 amide bonds. The standard InChI is InChI=1S/C15H16FNO2/c1-15(9-6-7-9)8-12(18)17-14(19)13(15)10-4-2-3-5-11(10)16/h2-5,9,13H,6-8H2,1H3,(H,17,18,19). The van der Waals surface area contributed by atoms with Crippen LogP contribution in [-0.2, 0) is 9.59 Å². The first kappa shape index (κ1) is 12.3. The summed E-state index contributed by atoms with van der Waals surface area (Å²) in [7, 11) is 0. The Balaban J connectivity index is 2.07. The molecule has 2 fully saturated rings. The van der Waals surface area contributed by atoms with E-state index in [0.29, 0.717) is 17.9 Å². The Morgan fingerprint density at radius 1 is 1.26 bits per heavy atom. The molecule has 4 heteroatoms. The van der Waals surface area contributed by atoms with Crippen molar-refractivity contribution in [2.75, 3.05) is 0 Å². The highest BCUT2D eigenvalue weighted by Crippen LogP contribution is 2.56. The maximum Gasteiger partial charge on any atom is 0.234 e. The van der Waals surface area contributed by atoms with Crippen LogP contribution >= 0.6 is 0 Å². The van der Waals surface area contributed by atoms with Gasteiger partial charge in [-0.2, -0.15) is 0 Å². The van der Waals surface area contributed by atoms with Crippen molar-refractivity contribution in [1.82, 2.24) is 5.32 Å². The van der Waals surface area contributed by atoms with Crippen LogP contribution in [0.2, 0.25) is 0 Å². The van der Waals surface area contributed by atoms with Crippen molar-refractivity contribution >= 4 is 11.8 Å². The Bertz CT molecular complexity index is 553. The van der Waals surface area contributed by atoms with E-state index in [0.717, 1.165) is 12.8 Å². The molecule has 2 atom stereocenters. The van der Waals surface area contributed by atoms with E-state index >= 15 is 0 Å². The number of amides is 2. The van der Waals surface area contributed by atoms with Gasteiger partial charge in [-0.1, -0.05) is 25.1 Å². The average Bonchev–Trinajstić information content (AvgIpc) is 3.14. The molecule has 1 aromatic rings. The van der Waals surface area contributed by atoms with Crippen LogP contribution in [0.25, 0.3) is 0 Å². The summed E-state index contributed by atoms with van der Waals surface area (Å²) in [5, 5.41) is 2.35. The van der Waals surface area contributed by atoms with Gasteiger partial charge in [0.2, 0.25) is 11.8 Å². The zero-order valence-corrected chi connectivity index (χ0v) is 10.8. The van der Waals surface area contributed by atoms with E-state index in [1.54, 1.807) is 18.2 Å². The summed E-state index contributed by atoms with van der Waals surface area (Å²) < 4.78 is 14.0. The van der Waals surface area contributed by atoms with Crippen LogP contribution in [0.4, 0.5) is 4.39 Å². The highest BCUT2D eigenvalue weighted by molar-refractivity contribution is 6.02. The molecule has 1 saturated heterocycles. The SMILES string of the molecule is CC1(C2CC2)CC(=O)NC(=O)C1c1ccccc1F. The molecule has 100 valence electrons. The molecule has 1 saturated carbocycles. The van der Waals surface area contributed by atoms with Crippen molar-refractivity contribution in [3.8, 4) is 0 Å². The first-order valence-corrected chi connectivity index (χ1v) is 6.60. The van der Waals surface area contributed by atoms with Gasteiger partial charge in [-0.15, -0.1) is 0 Å². The van der Waals surface area contributed by atoms with E-state index in [1.807, 2.05) is 6.92 Å². The summed E-state index contributed by atoms with van der Waals surface area (Å²) in [6.45, 7) is 1.94. The fourth-order valence-corrected chi connectivity index (χ4v) is 3.33. The number of carbonyl (C=O) groups is 2. The summed E-state index contributed by atoms with van der Waals surface area (Å²) in [5.41, 5.74) is -0.0522. The Kier molecular flexibility index (Phi) is 2.69. The summed E-state index contributed by atoms with van der Waals surface area (Å²) in [4.78, 5) is 23.9. The molecule has 1 heterocycles. The maximum atomic E-state index is 14.0. The average molecular weight is 261 g/mol. The number of nitrogens with one attached hydrogen (secondary N) is 1. The second-order valence-corrected chi connectivity index (χ2v) is 5.82. The quantitative estimate of drug-likeness (QED) is 0.831. The normalized spacial score (nSPS) is 31.2. The second-order valence-electron chi connectivity index (χ2n) is 5.82. The lowest BCUT2D eigenvalue weighted by Gasteiger charge is -2.40. The van der Waals surface area contributed by atoms with E-state index in [4.69, 9.17) is 0 Å². The van der Waals surface area contributed by atoms with Crippen LogP contribution < -0.4 is 5.32 Å². The van der Waals surface area contributed by atoms with E-state index in [2.05, 4.69) is 5.32 Å². The third-order valence-electron chi connectivity index (χ3n) is 4.45. The van der Waals surface area contributed by atoms with E-state index in [-0.39, 0.29) is 17.6 Å². The second kappa shape index (κ2) is 4.15. The van der Waals surface area contributed by atoms with Gasteiger partial charge in [0.1, 0.15) is 5.82 Å². The van der Waals surface area contributed by atoms with Crippen LogP contribution in [0.3, 0.4) is 0 Å². The number of imide groups is 1. The number of hydrogen-bond acceptors (Lipinski definition) is 2. The molecule has 0 spiro atoms. The van der Waals surface area contributed by atoms with Crippen LogP contribution in [0.1, 0.15) is 37.7 Å². The molecule has 0 bridgehead atoms. The molecule has 3 rings (SSSR count). The minimum absolute atomic E-state index is 0.244. The molecule has 1 N–H and O–H groups in total. The highest BCUT2D eigenvalue weighted by atomic mass is 19.1. The molecule has 19 heavy (non-hydrogen) atoms. The van der Waals surface area contributed by atoms with Crippen LogP contribution in [0.15, 0.2) is 24.3 Å². The zero-order chi connectivity index (χ0) is 13.6. The van der Waals surface area contributed by atoms with Gasteiger partial charge < -0.3 is 0 Å². The minimum atomic E-state index is -0.570. The van der Waals surface area contributed by atoms with Crippen molar-refractivity contribution in [3.05, 3.63) is 35.6 Å². The summed E-state index contributed by atoms with van der Waals surface area (Å²) in [6, 6.07) is 6.36. The van der Waals surface area contributed by atoms with Gasteiger partial charge in [-0.25, -0.2) is 4.39 Å². The Morgan fingerprint density at radius 3 is 2.58 bits per heavy atom. The summed E-state index contributed by atoms with van der Waals surface area (Å²) in [6.07, 6.45) is 2.33. The third-order valence-corrected chi connectivity index (χ3v) is 4.45. The van der Waals surface area contributed by atoms with Crippen molar-refractivity contribution in [2.45, 2.75) is 32.1 Å². The van der Waals surface area contributed by atoms with Crippen molar-refractivity contribution in [2.24, 2.45) is 11.3 Å². The van der Waals surface area contributed by atoms with Gasteiger partial charge in [0.25, 0.3) is 0 Å². The lowest BCUT2D eigenvalue weighted by molar-refractivity contribution is -0.140. The lowest BCUT2D eigenvalue weighted by atomic mass is 9.65. The fourth-order valence-electron chi connectivity index (χ4n) is 3.33. The Hall–Kier alpha value is -1.71. The van der Waals surface area contributed by atoms with E-state index < -0.39 is 11.3 Å². The number of carbonyl (C=O) groups excluding carboxylic acids is 2. The molecule has 0 aromatic heterocycles. The molecule has 1 aliphatic heterocycles. The molecular weight excluding hydrogens is 245 g/mol. The predicted octanol–water partition coefficient (Wildman–Crippen LogP) is 2.37. The molecule has 1 aliphatic carbocycles. The predicted molar refractivity (Wildman–Crippen MR) is 67.7 cm³/mol. The molecule has 2 aliphatic rings. The van der Waals surface area contributed by atoms with Gasteiger partial charge in [-0.05, 0) is 30.2 Å². The monoisotopic (exact) mass is 261 g/mol. The first-order chi connectivity index (χ1) is 9.02. The lowest BCUT2D eigenvalue weighted by Crippen LogP contribution is -2.50. The number of piperidine rings is 1.